The first-order valence-electron chi connectivity index (χ1n) is 9.53. The second kappa shape index (κ2) is 8.60. The van der Waals surface area contributed by atoms with Crippen molar-refractivity contribution in [3.8, 4) is 0 Å². The first-order chi connectivity index (χ1) is 14.9. The molecule has 9 nitrogen and oxygen atoms in total. The smallest absolute Gasteiger partial charge is 0.313 e. The fourth-order valence-electron chi connectivity index (χ4n) is 3.28. The molecule has 4 aromatic rings. The predicted molar refractivity (Wildman–Crippen MR) is 118 cm³/mol. The van der Waals surface area contributed by atoms with Gasteiger partial charge < -0.3 is 4.57 Å². The number of hydrogen-bond donors (Lipinski definition) is 1. The number of nitrogens with one attached hydrogen (secondary N) is 1. The van der Waals surface area contributed by atoms with Gasteiger partial charge in [0.05, 0.1) is 4.92 Å². The molecule has 2 aromatic heterocycles. The normalized spacial score (nSPS) is 11.1. The van der Waals surface area contributed by atoms with Gasteiger partial charge in [-0.15, -0.1) is 0 Å². The van der Waals surface area contributed by atoms with Crippen molar-refractivity contribution in [2.24, 2.45) is 7.05 Å². The third-order valence-electron chi connectivity index (χ3n) is 4.95. The average Bonchev–Trinajstić information content (AvgIpc) is 3.15. The first-order valence-corrected chi connectivity index (χ1v) is 10.5. The Hall–Kier alpha value is -3.66. The van der Waals surface area contributed by atoms with Gasteiger partial charge in [0, 0.05) is 31.5 Å². The van der Waals surface area contributed by atoms with E-state index in [-0.39, 0.29) is 5.69 Å². The number of benzene rings is 2. The summed E-state index contributed by atoms with van der Waals surface area (Å²) in [6, 6.07) is 16.2. The molecular weight excluding hydrogens is 418 g/mol. The number of H-pyrrole nitrogens is 1. The minimum Gasteiger partial charge on any atom is -0.313 e. The maximum absolute atomic E-state index is 12.6. The SMILES string of the molecule is Cn1c(=O)[nH]c(=O)c2c1nc(SCc1ccc([N+](=O)[O-])cc1)n2CCc1ccccc1. The minimum absolute atomic E-state index is 0.0328. The number of rotatable bonds is 7. The number of imidazole rings is 1. The predicted octanol–water partition coefficient (Wildman–Crippen LogP) is 2.87. The fourth-order valence-corrected chi connectivity index (χ4v) is 4.26. The van der Waals surface area contributed by atoms with Crippen molar-refractivity contribution in [1.82, 2.24) is 19.1 Å². The minimum atomic E-state index is -0.517. The molecule has 0 amide bonds. The van der Waals surface area contributed by atoms with Crippen LogP contribution < -0.4 is 11.2 Å². The fraction of sp³-hybridized carbons (Fsp3) is 0.190. The highest BCUT2D eigenvalue weighted by atomic mass is 32.2. The van der Waals surface area contributed by atoms with E-state index in [9.17, 15) is 19.7 Å². The lowest BCUT2D eigenvalue weighted by Crippen LogP contribution is -2.29. The lowest BCUT2D eigenvalue weighted by molar-refractivity contribution is -0.384. The molecule has 0 spiro atoms. The van der Waals surface area contributed by atoms with E-state index in [4.69, 9.17) is 0 Å². The number of aromatic amines is 1. The first kappa shape index (κ1) is 20.6. The molecule has 0 atom stereocenters. The van der Waals surface area contributed by atoms with Crippen molar-refractivity contribution < 1.29 is 4.92 Å². The highest BCUT2D eigenvalue weighted by Gasteiger charge is 2.18. The number of non-ortho nitro benzene ring substituents is 1. The molecule has 31 heavy (non-hydrogen) atoms. The summed E-state index contributed by atoms with van der Waals surface area (Å²) in [4.78, 5) is 41.9. The van der Waals surface area contributed by atoms with Crippen molar-refractivity contribution in [3.63, 3.8) is 0 Å². The quantitative estimate of drug-likeness (QED) is 0.270. The Labute approximate surface area is 180 Å². The molecule has 1 N–H and O–H groups in total. The summed E-state index contributed by atoms with van der Waals surface area (Å²) in [6.07, 6.45) is 0.694. The van der Waals surface area contributed by atoms with E-state index in [0.29, 0.717) is 35.0 Å². The Morgan fingerprint density at radius 3 is 2.45 bits per heavy atom. The van der Waals surface area contributed by atoms with Crippen molar-refractivity contribution in [1.29, 1.82) is 0 Å². The number of nitro benzene ring substituents is 1. The third-order valence-corrected chi connectivity index (χ3v) is 6.00. The second-order valence-corrected chi connectivity index (χ2v) is 7.93. The number of fused-ring (bicyclic) bond motifs is 1. The molecule has 0 unspecified atom stereocenters. The van der Waals surface area contributed by atoms with E-state index in [2.05, 4.69) is 9.97 Å². The van der Waals surface area contributed by atoms with Crippen LogP contribution in [0.15, 0.2) is 69.3 Å². The van der Waals surface area contributed by atoms with Gasteiger partial charge >= 0.3 is 5.69 Å². The van der Waals surface area contributed by atoms with Crippen LogP contribution in [0.3, 0.4) is 0 Å². The summed E-state index contributed by atoms with van der Waals surface area (Å²) >= 11 is 1.41. The Kier molecular flexibility index (Phi) is 5.72. The van der Waals surface area contributed by atoms with Gasteiger partial charge in [-0.3, -0.25) is 24.5 Å². The summed E-state index contributed by atoms with van der Waals surface area (Å²) in [7, 11) is 1.57. The van der Waals surface area contributed by atoms with Crippen LogP contribution in [0.5, 0.6) is 0 Å². The van der Waals surface area contributed by atoms with Crippen LogP contribution in [0.1, 0.15) is 11.1 Å². The largest absolute Gasteiger partial charge is 0.329 e. The lowest BCUT2D eigenvalue weighted by Gasteiger charge is -2.09. The van der Waals surface area contributed by atoms with Gasteiger partial charge in [-0.1, -0.05) is 54.2 Å². The van der Waals surface area contributed by atoms with E-state index in [1.165, 1.54) is 28.5 Å². The molecule has 0 aliphatic rings. The molecule has 10 heteroatoms. The van der Waals surface area contributed by atoms with Crippen LogP contribution >= 0.6 is 11.8 Å². The van der Waals surface area contributed by atoms with Crippen LogP contribution in [0.4, 0.5) is 5.69 Å². The molecule has 0 fully saturated rings. The molecule has 0 aliphatic carbocycles. The van der Waals surface area contributed by atoms with Crippen molar-refractivity contribution in [2.45, 2.75) is 23.9 Å². The average molecular weight is 437 g/mol. The summed E-state index contributed by atoms with van der Waals surface area (Å²) in [5, 5.41) is 11.4. The van der Waals surface area contributed by atoms with E-state index in [1.54, 1.807) is 19.2 Å². The van der Waals surface area contributed by atoms with Crippen LogP contribution in [-0.2, 0) is 25.8 Å². The highest BCUT2D eigenvalue weighted by Crippen LogP contribution is 2.26. The molecule has 0 saturated heterocycles. The molecule has 158 valence electrons. The summed E-state index contributed by atoms with van der Waals surface area (Å²) in [6.45, 7) is 0.518. The van der Waals surface area contributed by atoms with E-state index >= 15 is 0 Å². The zero-order valence-corrected chi connectivity index (χ0v) is 17.5. The number of aryl methyl sites for hydroxylation is 3. The summed E-state index contributed by atoms with van der Waals surface area (Å²) in [5.41, 5.74) is 1.73. The van der Waals surface area contributed by atoms with Crippen molar-refractivity contribution in [3.05, 3.63) is 96.7 Å². The molecule has 4 rings (SSSR count). The molecule has 0 radical (unpaired) electrons. The zero-order valence-electron chi connectivity index (χ0n) is 16.6. The van der Waals surface area contributed by atoms with Gasteiger partial charge in [0.15, 0.2) is 16.3 Å². The number of nitro groups is 1. The number of nitrogens with zero attached hydrogens (tertiary/aromatic N) is 4. The highest BCUT2D eigenvalue weighted by molar-refractivity contribution is 7.98. The van der Waals surface area contributed by atoms with Gasteiger partial charge in [-0.2, -0.15) is 0 Å². The maximum atomic E-state index is 12.6. The molecule has 2 heterocycles. The van der Waals surface area contributed by atoms with Crippen LogP contribution in [0.25, 0.3) is 11.2 Å². The molecule has 2 aromatic carbocycles. The van der Waals surface area contributed by atoms with E-state index in [0.717, 1.165) is 11.1 Å². The van der Waals surface area contributed by atoms with E-state index in [1.807, 2.05) is 34.9 Å². The van der Waals surface area contributed by atoms with Gasteiger partial charge in [0.2, 0.25) is 0 Å². The molecule has 0 aliphatic heterocycles. The van der Waals surface area contributed by atoms with Gasteiger partial charge in [0.1, 0.15) is 0 Å². The summed E-state index contributed by atoms with van der Waals surface area (Å²) in [5.74, 6) is 0.512. The number of aromatic nitrogens is 4. The van der Waals surface area contributed by atoms with Crippen LogP contribution in [0.2, 0.25) is 0 Å². The number of thioether (sulfide) groups is 1. The molecule has 0 saturated carbocycles. The molecular formula is C21H19N5O4S. The van der Waals surface area contributed by atoms with Gasteiger partial charge in [-0.05, 0) is 17.5 Å². The Morgan fingerprint density at radius 2 is 1.77 bits per heavy atom. The van der Waals surface area contributed by atoms with Gasteiger partial charge in [0.25, 0.3) is 11.2 Å². The standard InChI is InChI=1S/C21H19N5O4S/c1-24-18-17(19(27)23-20(24)28)25(12-11-14-5-3-2-4-6-14)21(22-18)31-13-15-7-9-16(10-8-15)26(29)30/h2-10H,11-13H2,1H3,(H,23,27,28). The maximum Gasteiger partial charge on any atom is 0.329 e. The van der Waals surface area contributed by atoms with Crippen LogP contribution in [0, 0.1) is 10.1 Å². The van der Waals surface area contributed by atoms with Crippen molar-refractivity contribution >= 4 is 28.6 Å². The number of hydrogen-bond acceptors (Lipinski definition) is 6. The zero-order chi connectivity index (χ0) is 22.0. The lowest BCUT2D eigenvalue weighted by atomic mass is 10.1. The topological polar surface area (TPSA) is 116 Å². The second-order valence-electron chi connectivity index (χ2n) is 6.98. The monoisotopic (exact) mass is 437 g/mol. The Balaban J connectivity index is 1.68. The van der Waals surface area contributed by atoms with Crippen molar-refractivity contribution in [2.75, 3.05) is 0 Å². The third kappa shape index (κ3) is 4.29. The van der Waals surface area contributed by atoms with Gasteiger partial charge in [-0.25, -0.2) is 9.78 Å². The van der Waals surface area contributed by atoms with Crippen LogP contribution in [-0.4, -0.2) is 24.0 Å². The van der Waals surface area contributed by atoms with E-state index < -0.39 is 16.2 Å². The molecule has 0 bridgehead atoms. The summed E-state index contributed by atoms with van der Waals surface area (Å²) < 4.78 is 3.16. The Morgan fingerprint density at radius 1 is 1.06 bits per heavy atom. The Bertz CT molecular complexity index is 1360.